The Bertz CT molecular complexity index is 1560. The normalized spacial score (nSPS) is 19.4. The molecule has 2 aliphatic carbocycles. The lowest BCUT2D eigenvalue weighted by molar-refractivity contribution is -0.150. The fourth-order valence-corrected chi connectivity index (χ4v) is 7.05. The van der Waals surface area contributed by atoms with Gasteiger partial charge in [-0.3, -0.25) is 29.2 Å². The number of carbonyl (C=O) groups excluding carboxylic acids is 3. The number of hydrogen-bond donors (Lipinski definition) is 1. The molecule has 2 spiro atoms. The van der Waals surface area contributed by atoms with Crippen LogP contribution in [0.5, 0.6) is 11.5 Å². The summed E-state index contributed by atoms with van der Waals surface area (Å²) in [7, 11) is 3.18. The van der Waals surface area contributed by atoms with E-state index in [9.17, 15) is 19.2 Å². The summed E-state index contributed by atoms with van der Waals surface area (Å²) in [6.07, 6.45) is 9.21. The average molecular weight is 661 g/mol. The summed E-state index contributed by atoms with van der Waals surface area (Å²) in [6, 6.07) is 14.4. The Morgan fingerprint density at radius 2 is 1.08 bits per heavy atom. The van der Waals surface area contributed by atoms with Gasteiger partial charge in [-0.2, -0.15) is 0 Å². The molecule has 0 aromatic heterocycles. The van der Waals surface area contributed by atoms with Gasteiger partial charge in [0.25, 0.3) is 11.8 Å². The van der Waals surface area contributed by atoms with Crippen molar-refractivity contribution in [3.63, 3.8) is 0 Å². The standard InChI is InChI=1S/C19H24N2O4.C17H20N2O4/c1-3-25-16(22)13-21-18(23)17(14-7-9-15(24-2)10-8-14)20-19(21)11-5-4-6-12-19;1-23-13-7-5-12(6-8-13)15-16(22)19(11-14(20)21)17(18-15)9-3-2-4-10-17/h7-10H,3-6,11-13H2,1-2H3;5-8H,2-4,9-11H2,1H3,(H,20,21). The van der Waals surface area contributed by atoms with Crippen LogP contribution < -0.4 is 9.47 Å². The van der Waals surface area contributed by atoms with E-state index in [0.29, 0.717) is 29.3 Å². The summed E-state index contributed by atoms with van der Waals surface area (Å²) in [4.78, 5) is 61.6. The Labute approximate surface area is 280 Å². The molecule has 12 nitrogen and oxygen atoms in total. The first kappa shape index (κ1) is 34.6. The van der Waals surface area contributed by atoms with Gasteiger partial charge in [0.2, 0.25) is 0 Å². The molecule has 2 aliphatic heterocycles. The van der Waals surface area contributed by atoms with Crippen molar-refractivity contribution >= 4 is 35.2 Å². The summed E-state index contributed by atoms with van der Waals surface area (Å²) >= 11 is 0. The molecule has 0 saturated heterocycles. The Kier molecular flexibility index (Phi) is 10.8. The smallest absolute Gasteiger partial charge is 0.325 e. The van der Waals surface area contributed by atoms with Crippen molar-refractivity contribution in [3.05, 3.63) is 59.7 Å². The van der Waals surface area contributed by atoms with Crippen molar-refractivity contribution in [1.29, 1.82) is 0 Å². The minimum Gasteiger partial charge on any atom is -0.497 e. The number of esters is 1. The van der Waals surface area contributed by atoms with Crippen molar-refractivity contribution < 1.29 is 38.5 Å². The van der Waals surface area contributed by atoms with E-state index in [1.165, 1.54) is 4.90 Å². The molecular weight excluding hydrogens is 616 g/mol. The molecular formula is C36H44N4O8. The fraction of sp³-hybridized carbons (Fsp3) is 0.500. The maximum Gasteiger partial charge on any atom is 0.325 e. The molecule has 6 rings (SSSR count). The van der Waals surface area contributed by atoms with Crippen molar-refractivity contribution in [1.82, 2.24) is 9.80 Å². The second kappa shape index (κ2) is 15.0. The summed E-state index contributed by atoms with van der Waals surface area (Å²) in [6.45, 7) is 1.72. The zero-order valence-corrected chi connectivity index (χ0v) is 27.9. The van der Waals surface area contributed by atoms with Crippen LogP contribution in [0.2, 0.25) is 0 Å². The minimum atomic E-state index is -1.01. The molecule has 2 heterocycles. The molecule has 0 unspecified atom stereocenters. The topological polar surface area (TPSA) is 147 Å². The summed E-state index contributed by atoms with van der Waals surface area (Å²) in [5.41, 5.74) is 0.959. The highest BCUT2D eigenvalue weighted by molar-refractivity contribution is 6.47. The van der Waals surface area contributed by atoms with Gasteiger partial charge in [-0.25, -0.2) is 0 Å². The molecule has 4 aliphatic rings. The Hall–Kier alpha value is -4.74. The Morgan fingerprint density at radius 1 is 0.688 bits per heavy atom. The fourth-order valence-electron chi connectivity index (χ4n) is 7.05. The van der Waals surface area contributed by atoms with Crippen LogP contribution in [0.1, 0.15) is 82.3 Å². The lowest BCUT2D eigenvalue weighted by Gasteiger charge is -2.38. The highest BCUT2D eigenvalue weighted by Crippen LogP contribution is 2.41. The van der Waals surface area contributed by atoms with Gasteiger partial charge < -0.3 is 29.1 Å². The van der Waals surface area contributed by atoms with E-state index in [-0.39, 0.29) is 30.9 Å². The third kappa shape index (κ3) is 7.22. The van der Waals surface area contributed by atoms with Gasteiger partial charge in [0.1, 0.15) is 47.3 Å². The quantitative estimate of drug-likeness (QED) is 0.384. The van der Waals surface area contributed by atoms with E-state index in [0.717, 1.165) is 75.5 Å². The molecule has 0 atom stereocenters. The third-order valence-electron chi connectivity index (χ3n) is 9.46. The largest absolute Gasteiger partial charge is 0.497 e. The van der Waals surface area contributed by atoms with Gasteiger partial charge in [-0.1, -0.05) is 12.8 Å². The van der Waals surface area contributed by atoms with E-state index in [1.807, 2.05) is 24.3 Å². The number of carboxylic acids is 1. The van der Waals surface area contributed by atoms with Crippen molar-refractivity contribution in [2.24, 2.45) is 9.98 Å². The number of aliphatic carboxylic acids is 1. The van der Waals surface area contributed by atoms with Gasteiger partial charge in [0.15, 0.2) is 0 Å². The van der Waals surface area contributed by atoms with E-state index in [4.69, 9.17) is 29.3 Å². The molecule has 0 radical (unpaired) electrons. The lowest BCUT2D eigenvalue weighted by Crippen LogP contribution is -2.50. The molecule has 2 aromatic carbocycles. The third-order valence-corrected chi connectivity index (χ3v) is 9.46. The molecule has 2 fully saturated rings. The monoisotopic (exact) mass is 660 g/mol. The zero-order chi connectivity index (χ0) is 34.3. The Morgan fingerprint density at radius 3 is 1.44 bits per heavy atom. The first-order valence-electron chi connectivity index (χ1n) is 16.7. The highest BCUT2D eigenvalue weighted by atomic mass is 16.5. The number of aliphatic imine (C=N–C) groups is 2. The number of nitrogens with zero attached hydrogens (tertiary/aromatic N) is 4. The van der Waals surface area contributed by atoms with Crippen LogP contribution >= 0.6 is 0 Å². The highest BCUT2D eigenvalue weighted by Gasteiger charge is 2.49. The predicted molar refractivity (Wildman–Crippen MR) is 178 cm³/mol. The van der Waals surface area contributed by atoms with Crippen molar-refractivity contribution in [2.45, 2.75) is 82.5 Å². The maximum atomic E-state index is 13.0. The van der Waals surface area contributed by atoms with Crippen LogP contribution in [0, 0.1) is 0 Å². The zero-order valence-electron chi connectivity index (χ0n) is 27.9. The SMILES string of the molecule is CCOC(=O)CN1C(=O)C(c2ccc(OC)cc2)=NC12CCCCC2.COc1ccc(C2=NC3(CCCCC3)N(CC(=O)O)C2=O)cc1. The number of benzene rings is 2. The first-order chi connectivity index (χ1) is 23.1. The number of carboxylic acid groups (broad SMARTS) is 1. The van der Waals surface area contributed by atoms with E-state index in [2.05, 4.69) is 0 Å². The summed E-state index contributed by atoms with van der Waals surface area (Å²) in [5.74, 6) is -0.443. The van der Waals surface area contributed by atoms with Crippen molar-refractivity contribution in [2.75, 3.05) is 33.9 Å². The van der Waals surface area contributed by atoms with Gasteiger partial charge in [0.05, 0.1) is 20.8 Å². The summed E-state index contributed by atoms with van der Waals surface area (Å²) < 4.78 is 15.4. The number of amides is 2. The minimum absolute atomic E-state index is 0.0458. The van der Waals surface area contributed by atoms with Crippen LogP contribution in [-0.4, -0.2) is 95.3 Å². The average Bonchev–Trinajstić information content (AvgIpc) is 3.51. The number of hydrogen-bond acceptors (Lipinski definition) is 9. The van der Waals surface area contributed by atoms with Gasteiger partial charge in [-0.05, 0) is 107 Å². The number of ether oxygens (including phenoxy) is 3. The molecule has 0 bridgehead atoms. The predicted octanol–water partition coefficient (Wildman–Crippen LogP) is 4.62. The van der Waals surface area contributed by atoms with Gasteiger partial charge >= 0.3 is 11.9 Å². The molecule has 256 valence electrons. The van der Waals surface area contributed by atoms with Crippen LogP contribution in [0.15, 0.2) is 58.5 Å². The number of methoxy groups -OCH3 is 2. The lowest BCUT2D eigenvalue weighted by atomic mass is 9.88. The second-order valence-corrected chi connectivity index (χ2v) is 12.4. The van der Waals surface area contributed by atoms with Crippen molar-refractivity contribution in [3.8, 4) is 11.5 Å². The maximum absolute atomic E-state index is 13.0. The molecule has 12 heteroatoms. The molecule has 2 amide bonds. The number of rotatable bonds is 9. The molecule has 2 aromatic rings. The first-order valence-corrected chi connectivity index (χ1v) is 16.7. The molecule has 1 N–H and O–H groups in total. The summed E-state index contributed by atoms with van der Waals surface area (Å²) in [5, 5.41) is 9.17. The van der Waals surface area contributed by atoms with Gasteiger partial charge in [-0.15, -0.1) is 0 Å². The van der Waals surface area contributed by atoms with E-state index in [1.54, 1.807) is 50.3 Å². The van der Waals surface area contributed by atoms with E-state index < -0.39 is 17.3 Å². The van der Waals surface area contributed by atoms with Crippen LogP contribution in [0.3, 0.4) is 0 Å². The van der Waals surface area contributed by atoms with Crippen LogP contribution in [0.4, 0.5) is 0 Å². The molecule has 2 saturated carbocycles. The molecule has 48 heavy (non-hydrogen) atoms. The van der Waals surface area contributed by atoms with E-state index >= 15 is 0 Å². The van der Waals surface area contributed by atoms with Gasteiger partial charge in [0, 0.05) is 11.1 Å². The Balaban J connectivity index is 0.000000188. The number of carbonyl (C=O) groups is 4. The second-order valence-electron chi connectivity index (χ2n) is 12.4. The van der Waals surface area contributed by atoms with Crippen LogP contribution in [-0.2, 0) is 23.9 Å². The van der Waals surface area contributed by atoms with Crippen LogP contribution in [0.25, 0.3) is 0 Å².